The predicted molar refractivity (Wildman–Crippen MR) is 85.1 cm³/mol. The number of aromatic nitrogens is 1. The predicted octanol–water partition coefficient (Wildman–Crippen LogP) is 2.83. The van der Waals surface area contributed by atoms with E-state index in [0.717, 1.165) is 11.1 Å². The van der Waals surface area contributed by atoms with Crippen molar-refractivity contribution in [3.8, 4) is 11.5 Å². The summed E-state index contributed by atoms with van der Waals surface area (Å²) < 4.78 is 5.29. The Labute approximate surface area is 133 Å². The van der Waals surface area contributed by atoms with Gasteiger partial charge >= 0.3 is 12.0 Å². The van der Waals surface area contributed by atoms with E-state index in [2.05, 4.69) is 10.3 Å². The number of carboxylic acid groups (broad SMARTS) is 1. The molecule has 1 atom stereocenters. The van der Waals surface area contributed by atoms with E-state index in [-0.39, 0.29) is 12.6 Å². The number of amides is 2. The highest BCUT2D eigenvalue weighted by Gasteiger charge is 2.18. The highest BCUT2D eigenvalue weighted by Crippen LogP contribution is 2.27. The zero-order valence-electron chi connectivity index (χ0n) is 13.2. The van der Waals surface area contributed by atoms with Crippen LogP contribution in [0, 0.1) is 12.8 Å². The van der Waals surface area contributed by atoms with E-state index < -0.39 is 11.9 Å². The van der Waals surface area contributed by atoms with Crippen LogP contribution in [-0.4, -0.2) is 40.6 Å². The third kappa shape index (κ3) is 3.88. The van der Waals surface area contributed by atoms with E-state index in [4.69, 9.17) is 9.52 Å². The van der Waals surface area contributed by atoms with Gasteiger partial charge in [0.05, 0.1) is 12.1 Å². The van der Waals surface area contributed by atoms with Gasteiger partial charge in [-0.2, -0.15) is 0 Å². The number of hydrogen-bond acceptors (Lipinski definition) is 4. The van der Waals surface area contributed by atoms with Crippen LogP contribution in [0.5, 0.6) is 0 Å². The van der Waals surface area contributed by atoms with Crippen LogP contribution in [0.1, 0.15) is 12.5 Å². The maximum Gasteiger partial charge on any atom is 0.321 e. The number of carbonyl (C=O) groups is 2. The molecular formula is C16H19N3O4. The van der Waals surface area contributed by atoms with Crippen molar-refractivity contribution in [2.45, 2.75) is 13.8 Å². The average molecular weight is 317 g/mol. The van der Waals surface area contributed by atoms with Crippen LogP contribution in [0.3, 0.4) is 0 Å². The van der Waals surface area contributed by atoms with Gasteiger partial charge < -0.3 is 19.7 Å². The monoisotopic (exact) mass is 317 g/mol. The Morgan fingerprint density at radius 1 is 1.43 bits per heavy atom. The maximum absolute atomic E-state index is 12.2. The molecule has 122 valence electrons. The number of rotatable bonds is 5. The zero-order valence-corrected chi connectivity index (χ0v) is 13.2. The van der Waals surface area contributed by atoms with Gasteiger partial charge in [-0.05, 0) is 24.6 Å². The molecule has 2 aromatic rings. The van der Waals surface area contributed by atoms with Crippen LogP contribution in [-0.2, 0) is 4.79 Å². The van der Waals surface area contributed by atoms with Gasteiger partial charge in [-0.1, -0.05) is 13.0 Å². The molecule has 7 nitrogen and oxygen atoms in total. The molecular weight excluding hydrogens is 298 g/mol. The van der Waals surface area contributed by atoms with Crippen molar-refractivity contribution in [1.82, 2.24) is 9.88 Å². The van der Waals surface area contributed by atoms with Gasteiger partial charge in [-0.25, -0.2) is 9.78 Å². The minimum atomic E-state index is -0.938. The fraction of sp³-hybridized carbons (Fsp3) is 0.312. The molecule has 0 bridgehead atoms. The summed E-state index contributed by atoms with van der Waals surface area (Å²) >= 11 is 0. The molecule has 2 rings (SSSR count). The second-order valence-electron chi connectivity index (χ2n) is 5.37. The third-order valence-corrected chi connectivity index (χ3v) is 3.55. The van der Waals surface area contributed by atoms with Crippen LogP contribution in [0.2, 0.25) is 0 Å². The Kier molecular flexibility index (Phi) is 5.00. The standard InChI is InChI=1S/C16H19N3O4/c1-10(15(20)21)9-19(3)16(22)18-13-6-4-5-12(11(13)2)14-17-7-8-23-14/h4-8,10H,9H2,1-3H3,(H,18,22)(H,20,21). The molecule has 23 heavy (non-hydrogen) atoms. The third-order valence-electron chi connectivity index (χ3n) is 3.55. The van der Waals surface area contributed by atoms with Crippen molar-refractivity contribution in [3.63, 3.8) is 0 Å². The summed E-state index contributed by atoms with van der Waals surface area (Å²) in [5.74, 6) is -1.09. The average Bonchev–Trinajstić information content (AvgIpc) is 3.03. The molecule has 2 amide bonds. The largest absolute Gasteiger partial charge is 0.481 e. The number of nitrogens with one attached hydrogen (secondary N) is 1. The first-order valence-electron chi connectivity index (χ1n) is 7.14. The van der Waals surface area contributed by atoms with Crippen LogP contribution in [0.15, 0.2) is 35.1 Å². The molecule has 2 N–H and O–H groups in total. The molecule has 0 aliphatic rings. The minimum absolute atomic E-state index is 0.125. The Balaban J connectivity index is 2.13. The zero-order chi connectivity index (χ0) is 17.0. The van der Waals surface area contributed by atoms with E-state index in [0.29, 0.717) is 11.6 Å². The summed E-state index contributed by atoms with van der Waals surface area (Å²) in [6.45, 7) is 3.54. The number of anilines is 1. The van der Waals surface area contributed by atoms with Gasteiger partial charge in [0.25, 0.3) is 0 Å². The van der Waals surface area contributed by atoms with Crippen LogP contribution >= 0.6 is 0 Å². The first-order valence-corrected chi connectivity index (χ1v) is 7.14. The number of urea groups is 1. The van der Waals surface area contributed by atoms with Gasteiger partial charge in [-0.15, -0.1) is 0 Å². The summed E-state index contributed by atoms with van der Waals surface area (Å²) in [5, 5.41) is 11.7. The normalized spacial score (nSPS) is 11.8. The number of benzene rings is 1. The van der Waals surface area contributed by atoms with E-state index in [1.165, 1.54) is 11.2 Å². The molecule has 1 unspecified atom stereocenters. The first kappa shape index (κ1) is 16.5. The number of oxazole rings is 1. The lowest BCUT2D eigenvalue weighted by molar-refractivity contribution is -0.141. The molecule has 0 saturated carbocycles. The van der Waals surface area contributed by atoms with Crippen molar-refractivity contribution >= 4 is 17.7 Å². The topological polar surface area (TPSA) is 95.7 Å². The number of carbonyl (C=O) groups excluding carboxylic acids is 1. The van der Waals surface area contributed by atoms with Crippen LogP contribution in [0.4, 0.5) is 10.5 Å². The van der Waals surface area contributed by atoms with Crippen molar-refractivity contribution in [2.24, 2.45) is 5.92 Å². The lowest BCUT2D eigenvalue weighted by Crippen LogP contribution is -2.36. The molecule has 0 saturated heterocycles. The van der Waals surface area contributed by atoms with Gasteiger partial charge in [-0.3, -0.25) is 4.79 Å². The smallest absolute Gasteiger partial charge is 0.321 e. The van der Waals surface area contributed by atoms with E-state index in [1.807, 2.05) is 13.0 Å². The molecule has 0 aliphatic heterocycles. The highest BCUT2D eigenvalue weighted by atomic mass is 16.4. The lowest BCUT2D eigenvalue weighted by Gasteiger charge is -2.21. The van der Waals surface area contributed by atoms with E-state index in [9.17, 15) is 9.59 Å². The first-order chi connectivity index (χ1) is 10.9. The highest BCUT2D eigenvalue weighted by molar-refractivity contribution is 5.91. The maximum atomic E-state index is 12.2. The van der Waals surface area contributed by atoms with E-state index in [1.54, 1.807) is 32.3 Å². The molecule has 0 fully saturated rings. The summed E-state index contributed by atoms with van der Waals surface area (Å²) in [6.07, 6.45) is 3.04. The molecule has 1 aromatic carbocycles. The minimum Gasteiger partial charge on any atom is -0.481 e. The fourth-order valence-electron chi connectivity index (χ4n) is 2.14. The molecule has 7 heteroatoms. The Morgan fingerprint density at radius 3 is 2.78 bits per heavy atom. The fourth-order valence-corrected chi connectivity index (χ4v) is 2.14. The molecule has 0 radical (unpaired) electrons. The SMILES string of the molecule is Cc1c(NC(=O)N(C)CC(C)C(=O)O)cccc1-c1ncco1. The lowest BCUT2D eigenvalue weighted by atomic mass is 10.1. The van der Waals surface area contributed by atoms with Crippen molar-refractivity contribution in [2.75, 3.05) is 18.9 Å². The molecule has 0 spiro atoms. The number of aliphatic carboxylic acids is 1. The molecule has 1 aromatic heterocycles. The van der Waals surface area contributed by atoms with E-state index >= 15 is 0 Å². The van der Waals surface area contributed by atoms with Gasteiger partial charge in [0.1, 0.15) is 6.26 Å². The Hall–Kier alpha value is -2.83. The van der Waals surface area contributed by atoms with Crippen molar-refractivity contribution in [3.05, 3.63) is 36.2 Å². The number of carboxylic acids is 1. The van der Waals surface area contributed by atoms with Crippen LogP contribution < -0.4 is 5.32 Å². The molecule has 0 aliphatic carbocycles. The number of nitrogens with zero attached hydrogens (tertiary/aromatic N) is 2. The Morgan fingerprint density at radius 2 is 2.17 bits per heavy atom. The van der Waals surface area contributed by atoms with Gasteiger partial charge in [0.2, 0.25) is 5.89 Å². The van der Waals surface area contributed by atoms with Gasteiger partial charge in [0.15, 0.2) is 0 Å². The molecule has 1 heterocycles. The second-order valence-corrected chi connectivity index (χ2v) is 5.37. The summed E-state index contributed by atoms with van der Waals surface area (Å²) in [5.41, 5.74) is 2.23. The van der Waals surface area contributed by atoms with Gasteiger partial charge in [0, 0.05) is 24.8 Å². The number of hydrogen-bond donors (Lipinski definition) is 2. The second kappa shape index (κ2) is 6.95. The summed E-state index contributed by atoms with van der Waals surface area (Å²) in [4.78, 5) is 28.5. The summed E-state index contributed by atoms with van der Waals surface area (Å²) in [6, 6.07) is 5.05. The summed E-state index contributed by atoms with van der Waals surface area (Å²) in [7, 11) is 1.56. The van der Waals surface area contributed by atoms with Crippen molar-refractivity contribution < 1.29 is 19.1 Å². The van der Waals surface area contributed by atoms with Crippen LogP contribution in [0.25, 0.3) is 11.5 Å². The van der Waals surface area contributed by atoms with Crippen molar-refractivity contribution in [1.29, 1.82) is 0 Å². The Bertz CT molecular complexity index is 697. The quantitative estimate of drug-likeness (QED) is 0.884.